The first-order valence-corrected chi connectivity index (χ1v) is 11.4. The zero-order chi connectivity index (χ0) is 23.9. The van der Waals surface area contributed by atoms with E-state index in [0.717, 1.165) is 49.3 Å². The molecule has 0 bridgehead atoms. The molecule has 178 valence electrons. The summed E-state index contributed by atoms with van der Waals surface area (Å²) >= 11 is 0. The summed E-state index contributed by atoms with van der Waals surface area (Å²) < 4.78 is 23.7. The van der Waals surface area contributed by atoms with Gasteiger partial charge >= 0.3 is 0 Å². The minimum atomic E-state index is -0.277. The number of hydrogen-bond acceptors (Lipinski definition) is 6. The van der Waals surface area contributed by atoms with Gasteiger partial charge in [-0.05, 0) is 73.4 Å². The van der Waals surface area contributed by atoms with Crippen LogP contribution in [0.15, 0.2) is 54.6 Å². The molecule has 0 aliphatic carbocycles. The van der Waals surface area contributed by atoms with Crippen LogP contribution in [0.25, 0.3) is 11.3 Å². The van der Waals surface area contributed by atoms with Crippen LogP contribution in [0.2, 0.25) is 0 Å². The Morgan fingerprint density at radius 3 is 2.38 bits per heavy atom. The van der Waals surface area contributed by atoms with Crippen LogP contribution in [0.3, 0.4) is 0 Å². The number of aromatic nitrogens is 2. The van der Waals surface area contributed by atoms with Crippen molar-refractivity contribution in [3.05, 3.63) is 66.0 Å². The fourth-order valence-corrected chi connectivity index (χ4v) is 4.15. The zero-order valence-electron chi connectivity index (χ0n) is 19.5. The third kappa shape index (κ3) is 5.62. The lowest BCUT2D eigenvalue weighted by molar-refractivity contribution is -0.125. The molecule has 2 aromatic carbocycles. The molecule has 4 rings (SSSR count). The summed E-state index contributed by atoms with van der Waals surface area (Å²) in [6.07, 6.45) is 2.26. The van der Waals surface area contributed by atoms with E-state index in [0.29, 0.717) is 23.7 Å². The van der Waals surface area contributed by atoms with Gasteiger partial charge in [-0.1, -0.05) is 6.07 Å². The molecule has 1 amide bonds. The number of methoxy groups -OCH3 is 2. The number of nitrogens with zero attached hydrogens (tertiary/aromatic N) is 3. The summed E-state index contributed by atoms with van der Waals surface area (Å²) in [5, 5.41) is 11.7. The standard InChI is InChI=1S/C26H29FN4O3/c1-33-23-9-3-18(17-24(23)34-2)11-14-28-26(32)20-12-15-31(16-13-20)25-10-8-22(29-30-25)19-4-6-21(27)7-5-19/h3-10,17,20H,11-16H2,1-2H3,(H,28,32). The number of halogens is 1. The van der Waals surface area contributed by atoms with E-state index in [4.69, 9.17) is 9.47 Å². The number of anilines is 1. The molecule has 8 heteroatoms. The summed E-state index contributed by atoms with van der Waals surface area (Å²) in [7, 11) is 3.22. The first-order chi connectivity index (χ1) is 16.6. The fraction of sp³-hybridized carbons (Fsp3) is 0.346. The number of hydrogen-bond donors (Lipinski definition) is 1. The molecule has 0 unspecified atom stereocenters. The van der Waals surface area contributed by atoms with Crippen molar-refractivity contribution in [2.45, 2.75) is 19.3 Å². The largest absolute Gasteiger partial charge is 0.493 e. The van der Waals surface area contributed by atoms with Crippen molar-refractivity contribution in [2.24, 2.45) is 5.92 Å². The molecule has 0 spiro atoms. The summed E-state index contributed by atoms with van der Waals surface area (Å²) in [4.78, 5) is 14.8. The highest BCUT2D eigenvalue weighted by Crippen LogP contribution is 2.28. The Balaban J connectivity index is 1.24. The smallest absolute Gasteiger partial charge is 0.223 e. The lowest BCUT2D eigenvalue weighted by atomic mass is 9.96. The molecule has 34 heavy (non-hydrogen) atoms. The maximum atomic E-state index is 13.1. The summed E-state index contributed by atoms with van der Waals surface area (Å²) in [6.45, 7) is 2.07. The van der Waals surface area contributed by atoms with E-state index in [-0.39, 0.29) is 17.6 Å². The fourth-order valence-electron chi connectivity index (χ4n) is 4.15. The zero-order valence-corrected chi connectivity index (χ0v) is 19.5. The number of piperidine rings is 1. The molecule has 1 aliphatic heterocycles. The van der Waals surface area contributed by atoms with E-state index in [1.54, 1.807) is 26.4 Å². The van der Waals surface area contributed by atoms with Gasteiger partial charge in [-0.25, -0.2) is 4.39 Å². The maximum absolute atomic E-state index is 13.1. The predicted octanol–water partition coefficient (Wildman–Crippen LogP) is 3.88. The van der Waals surface area contributed by atoms with Crippen LogP contribution in [0.5, 0.6) is 11.5 Å². The lowest BCUT2D eigenvalue weighted by Gasteiger charge is -2.31. The quantitative estimate of drug-likeness (QED) is 0.545. The van der Waals surface area contributed by atoms with Crippen molar-refractivity contribution in [1.82, 2.24) is 15.5 Å². The van der Waals surface area contributed by atoms with Gasteiger partial charge < -0.3 is 19.7 Å². The Kier molecular flexibility index (Phi) is 7.57. The molecule has 1 aliphatic rings. The minimum Gasteiger partial charge on any atom is -0.493 e. The average molecular weight is 465 g/mol. The molecule has 1 N–H and O–H groups in total. The Hall–Kier alpha value is -3.68. The second kappa shape index (κ2) is 11.0. The molecule has 1 fully saturated rings. The Bertz CT molecular complexity index is 1100. The molecule has 1 aromatic heterocycles. The molecule has 0 saturated carbocycles. The summed E-state index contributed by atoms with van der Waals surface area (Å²) in [5.41, 5.74) is 2.60. The van der Waals surface area contributed by atoms with Crippen LogP contribution in [0.4, 0.5) is 10.2 Å². The van der Waals surface area contributed by atoms with Crippen molar-refractivity contribution in [2.75, 3.05) is 38.8 Å². The Morgan fingerprint density at radius 1 is 1.00 bits per heavy atom. The second-order valence-electron chi connectivity index (χ2n) is 8.28. The van der Waals surface area contributed by atoms with Crippen molar-refractivity contribution in [3.63, 3.8) is 0 Å². The van der Waals surface area contributed by atoms with Gasteiger partial charge in [0.25, 0.3) is 0 Å². The molecule has 2 heterocycles. The number of nitrogens with one attached hydrogen (secondary N) is 1. The van der Waals surface area contributed by atoms with Gasteiger partial charge in [-0.2, -0.15) is 0 Å². The summed E-state index contributed by atoms with van der Waals surface area (Å²) in [5.74, 6) is 1.98. The number of rotatable bonds is 8. The molecular weight excluding hydrogens is 435 g/mol. The van der Waals surface area contributed by atoms with E-state index < -0.39 is 0 Å². The van der Waals surface area contributed by atoms with E-state index in [1.807, 2.05) is 30.3 Å². The maximum Gasteiger partial charge on any atom is 0.223 e. The number of ether oxygens (including phenoxy) is 2. The normalized spacial score (nSPS) is 14.0. The molecule has 0 atom stereocenters. The van der Waals surface area contributed by atoms with Crippen molar-refractivity contribution >= 4 is 11.7 Å². The van der Waals surface area contributed by atoms with Gasteiger partial charge in [0.05, 0.1) is 19.9 Å². The van der Waals surface area contributed by atoms with Gasteiger partial charge in [0.2, 0.25) is 5.91 Å². The van der Waals surface area contributed by atoms with Crippen molar-refractivity contribution in [1.29, 1.82) is 0 Å². The third-order valence-corrected chi connectivity index (χ3v) is 6.14. The van der Waals surface area contributed by atoms with E-state index in [9.17, 15) is 9.18 Å². The van der Waals surface area contributed by atoms with Gasteiger partial charge in [-0.3, -0.25) is 4.79 Å². The molecular formula is C26H29FN4O3. The lowest BCUT2D eigenvalue weighted by Crippen LogP contribution is -2.41. The highest BCUT2D eigenvalue weighted by atomic mass is 19.1. The number of carbonyl (C=O) groups is 1. The average Bonchev–Trinajstić information content (AvgIpc) is 2.89. The molecule has 3 aromatic rings. The predicted molar refractivity (Wildman–Crippen MR) is 129 cm³/mol. The topological polar surface area (TPSA) is 76.6 Å². The van der Waals surface area contributed by atoms with Gasteiger partial charge in [0, 0.05) is 31.1 Å². The highest BCUT2D eigenvalue weighted by Gasteiger charge is 2.25. The number of carbonyl (C=O) groups excluding carboxylic acids is 1. The van der Waals surface area contributed by atoms with Crippen LogP contribution in [0, 0.1) is 11.7 Å². The van der Waals surface area contributed by atoms with Crippen LogP contribution in [-0.2, 0) is 11.2 Å². The van der Waals surface area contributed by atoms with Gasteiger partial charge in [0.1, 0.15) is 5.82 Å². The van der Waals surface area contributed by atoms with Crippen LogP contribution in [0.1, 0.15) is 18.4 Å². The van der Waals surface area contributed by atoms with Gasteiger partial charge in [0.15, 0.2) is 17.3 Å². The van der Waals surface area contributed by atoms with Crippen LogP contribution >= 0.6 is 0 Å². The minimum absolute atomic E-state index is 0.00639. The van der Waals surface area contributed by atoms with Crippen LogP contribution in [-0.4, -0.2) is 50.0 Å². The third-order valence-electron chi connectivity index (χ3n) is 6.14. The van der Waals surface area contributed by atoms with Crippen molar-refractivity contribution < 1.29 is 18.7 Å². The van der Waals surface area contributed by atoms with Crippen molar-refractivity contribution in [3.8, 4) is 22.8 Å². The Morgan fingerprint density at radius 2 is 1.74 bits per heavy atom. The van der Waals surface area contributed by atoms with E-state index in [2.05, 4.69) is 20.4 Å². The monoisotopic (exact) mass is 464 g/mol. The van der Waals surface area contributed by atoms with E-state index >= 15 is 0 Å². The number of benzene rings is 2. The van der Waals surface area contributed by atoms with E-state index in [1.165, 1.54) is 12.1 Å². The Labute approximate surface area is 198 Å². The molecule has 7 nitrogen and oxygen atoms in total. The highest BCUT2D eigenvalue weighted by molar-refractivity contribution is 5.79. The SMILES string of the molecule is COc1ccc(CCNC(=O)C2CCN(c3ccc(-c4ccc(F)cc4)nn3)CC2)cc1OC. The first kappa shape index (κ1) is 23.5. The second-order valence-corrected chi connectivity index (χ2v) is 8.28. The summed E-state index contributed by atoms with van der Waals surface area (Å²) in [6, 6.07) is 15.8. The van der Waals surface area contributed by atoms with Gasteiger partial charge in [-0.15, -0.1) is 10.2 Å². The number of amides is 1. The molecule has 0 radical (unpaired) electrons. The molecule has 1 saturated heterocycles. The first-order valence-electron chi connectivity index (χ1n) is 11.4. The van der Waals surface area contributed by atoms with Crippen LogP contribution < -0.4 is 19.7 Å².